The van der Waals surface area contributed by atoms with E-state index in [1.165, 1.54) is 5.69 Å². The summed E-state index contributed by atoms with van der Waals surface area (Å²) in [6.07, 6.45) is 5.42. The van der Waals surface area contributed by atoms with Gasteiger partial charge in [-0.1, -0.05) is 0 Å². The first-order valence-electron chi connectivity index (χ1n) is 14.6. The van der Waals surface area contributed by atoms with Crippen molar-refractivity contribution in [3.8, 4) is 5.75 Å². The highest BCUT2D eigenvalue weighted by atomic mass is 16.5. The number of amides is 2. The molecule has 1 aromatic rings. The fourth-order valence-corrected chi connectivity index (χ4v) is 6.68. The van der Waals surface area contributed by atoms with E-state index in [2.05, 4.69) is 33.7 Å². The number of ether oxygens (including phenoxy) is 2. The Hall–Kier alpha value is -2.36. The molecule has 4 aliphatic rings. The molecule has 2 amide bonds. The number of likely N-dealkylation sites (tertiary alicyclic amines) is 1. The van der Waals surface area contributed by atoms with Crippen LogP contribution in [0.1, 0.15) is 44.1 Å². The van der Waals surface area contributed by atoms with Crippen LogP contribution in [-0.2, 0) is 20.9 Å². The van der Waals surface area contributed by atoms with Crippen molar-refractivity contribution in [2.24, 2.45) is 11.8 Å². The highest BCUT2D eigenvalue weighted by Gasteiger charge is 2.36. The van der Waals surface area contributed by atoms with Crippen LogP contribution in [0, 0.1) is 11.8 Å². The minimum absolute atomic E-state index is 0.152. The lowest BCUT2D eigenvalue weighted by atomic mass is 9.80. The van der Waals surface area contributed by atoms with Crippen molar-refractivity contribution in [2.45, 2.75) is 51.1 Å². The summed E-state index contributed by atoms with van der Waals surface area (Å²) in [5, 5.41) is 6.80. The molecular weight excluding hydrogens is 482 g/mol. The normalized spacial score (nSPS) is 27.1. The number of piperidine rings is 1. The molecule has 3 saturated heterocycles. The third-order valence-electron chi connectivity index (χ3n) is 8.83. The number of hydrogen-bond acceptors (Lipinski definition) is 7. The number of nitrogens with zero attached hydrogens (tertiary/aromatic N) is 3. The van der Waals surface area contributed by atoms with E-state index in [1.54, 1.807) is 7.11 Å². The summed E-state index contributed by atoms with van der Waals surface area (Å²) in [5.74, 6) is 1.93. The second-order valence-corrected chi connectivity index (χ2v) is 11.3. The maximum absolute atomic E-state index is 13.3. The largest absolute Gasteiger partial charge is 0.493 e. The van der Waals surface area contributed by atoms with E-state index in [1.807, 2.05) is 9.80 Å². The van der Waals surface area contributed by atoms with Crippen molar-refractivity contribution in [2.75, 3.05) is 77.6 Å². The van der Waals surface area contributed by atoms with Crippen LogP contribution in [0.3, 0.4) is 0 Å². The summed E-state index contributed by atoms with van der Waals surface area (Å²) in [6.45, 7) is 8.48. The van der Waals surface area contributed by atoms with Gasteiger partial charge in [0.05, 0.1) is 25.8 Å². The van der Waals surface area contributed by atoms with Gasteiger partial charge in [0.25, 0.3) is 0 Å². The van der Waals surface area contributed by atoms with Gasteiger partial charge in [-0.25, -0.2) is 0 Å². The quantitative estimate of drug-likeness (QED) is 0.605. The van der Waals surface area contributed by atoms with Crippen LogP contribution < -0.4 is 20.3 Å². The zero-order valence-corrected chi connectivity index (χ0v) is 23.0. The predicted octanol–water partition coefficient (Wildman–Crippen LogP) is 1.85. The maximum Gasteiger partial charge on any atom is 0.236 e. The average Bonchev–Trinajstić information content (AvgIpc) is 3.41. The Kier molecular flexibility index (Phi) is 9.40. The van der Waals surface area contributed by atoms with Gasteiger partial charge in [0.1, 0.15) is 5.75 Å². The number of benzene rings is 1. The molecule has 210 valence electrons. The minimum Gasteiger partial charge on any atom is -0.493 e. The van der Waals surface area contributed by atoms with E-state index in [9.17, 15) is 9.59 Å². The van der Waals surface area contributed by atoms with Crippen LogP contribution >= 0.6 is 0 Å². The Labute approximate surface area is 227 Å². The van der Waals surface area contributed by atoms with Crippen LogP contribution in [0.4, 0.5) is 5.69 Å². The predicted molar refractivity (Wildman–Crippen MR) is 147 cm³/mol. The lowest BCUT2D eigenvalue weighted by Gasteiger charge is -2.39. The second kappa shape index (κ2) is 13.1. The maximum atomic E-state index is 13.3. The average molecular weight is 528 g/mol. The Balaban J connectivity index is 1.24. The summed E-state index contributed by atoms with van der Waals surface area (Å²) < 4.78 is 11.6. The molecule has 3 fully saturated rings. The Morgan fingerprint density at radius 2 is 1.89 bits per heavy atom. The summed E-state index contributed by atoms with van der Waals surface area (Å²) in [6, 6.07) is 6.67. The minimum atomic E-state index is 0.152. The number of fused-ring (bicyclic) bond motifs is 3. The van der Waals surface area contributed by atoms with Crippen molar-refractivity contribution >= 4 is 17.5 Å². The standard InChI is InChI=1S/C29H45N5O4/c1-37-21-26-5-2-11-34(26)28(35)17-22-8-12-33-20-23(22)4-3-15-38-27-7-6-25(32-13-9-30-10-14-32)16-24(27)18-31-19-29(33)36/h6-7,16,22-23,26,30-31H,2-5,8-15,17-21H2,1H3/t22-,23-,26+/m0/s1. The molecule has 1 aromatic carbocycles. The monoisotopic (exact) mass is 527 g/mol. The Bertz CT molecular complexity index is 953. The van der Waals surface area contributed by atoms with Gasteiger partial charge in [-0.3, -0.25) is 9.59 Å². The number of carbonyl (C=O) groups is 2. The molecule has 9 nitrogen and oxygen atoms in total. The van der Waals surface area contributed by atoms with E-state index in [4.69, 9.17) is 9.47 Å². The van der Waals surface area contributed by atoms with E-state index in [-0.39, 0.29) is 17.9 Å². The van der Waals surface area contributed by atoms with Gasteiger partial charge >= 0.3 is 0 Å². The van der Waals surface area contributed by atoms with Crippen LogP contribution in [0.15, 0.2) is 18.2 Å². The van der Waals surface area contributed by atoms with Crippen molar-refractivity contribution in [1.82, 2.24) is 20.4 Å². The van der Waals surface area contributed by atoms with Crippen molar-refractivity contribution in [3.63, 3.8) is 0 Å². The fourth-order valence-electron chi connectivity index (χ4n) is 6.68. The van der Waals surface area contributed by atoms with Gasteiger partial charge < -0.3 is 34.8 Å². The fraction of sp³-hybridized carbons (Fsp3) is 0.724. The lowest BCUT2D eigenvalue weighted by molar-refractivity contribution is -0.136. The van der Waals surface area contributed by atoms with Crippen LogP contribution in [-0.4, -0.2) is 100 Å². The molecule has 4 aliphatic heterocycles. The zero-order valence-electron chi connectivity index (χ0n) is 23.0. The molecule has 0 radical (unpaired) electrons. The van der Waals surface area contributed by atoms with E-state index >= 15 is 0 Å². The first-order valence-corrected chi connectivity index (χ1v) is 14.6. The first kappa shape index (κ1) is 27.2. The van der Waals surface area contributed by atoms with Gasteiger partial charge in [0, 0.05) is 77.1 Å². The molecule has 2 bridgehead atoms. The summed E-state index contributed by atoms with van der Waals surface area (Å²) in [5.41, 5.74) is 2.31. The number of rotatable bonds is 5. The molecule has 0 unspecified atom stereocenters. The second-order valence-electron chi connectivity index (χ2n) is 11.3. The molecule has 0 aromatic heterocycles. The van der Waals surface area contributed by atoms with Gasteiger partial charge in [-0.15, -0.1) is 0 Å². The van der Waals surface area contributed by atoms with E-state index < -0.39 is 0 Å². The van der Waals surface area contributed by atoms with Gasteiger partial charge in [-0.05, 0) is 62.1 Å². The lowest BCUT2D eigenvalue weighted by Crippen LogP contribution is -2.48. The summed E-state index contributed by atoms with van der Waals surface area (Å²) in [7, 11) is 1.71. The molecule has 0 aliphatic carbocycles. The van der Waals surface area contributed by atoms with Gasteiger partial charge in [0.15, 0.2) is 0 Å². The summed E-state index contributed by atoms with van der Waals surface area (Å²) in [4.78, 5) is 32.9. The highest BCUT2D eigenvalue weighted by molar-refractivity contribution is 5.79. The molecule has 4 heterocycles. The molecule has 5 rings (SSSR count). The topological polar surface area (TPSA) is 86.4 Å². The molecule has 0 spiro atoms. The molecular formula is C29H45N5O4. The van der Waals surface area contributed by atoms with Gasteiger partial charge in [0.2, 0.25) is 11.8 Å². The number of piperazine rings is 1. The van der Waals surface area contributed by atoms with Crippen molar-refractivity contribution < 1.29 is 19.1 Å². The molecule has 3 atom stereocenters. The molecule has 9 heteroatoms. The number of nitrogens with one attached hydrogen (secondary N) is 2. The molecule has 2 N–H and O–H groups in total. The Morgan fingerprint density at radius 3 is 2.74 bits per heavy atom. The van der Waals surface area contributed by atoms with Gasteiger partial charge in [-0.2, -0.15) is 0 Å². The zero-order chi connectivity index (χ0) is 26.3. The molecule has 38 heavy (non-hydrogen) atoms. The summed E-state index contributed by atoms with van der Waals surface area (Å²) >= 11 is 0. The van der Waals surface area contributed by atoms with Crippen molar-refractivity contribution in [3.05, 3.63) is 23.8 Å². The van der Waals surface area contributed by atoms with E-state index in [0.29, 0.717) is 44.6 Å². The number of hydrogen-bond donors (Lipinski definition) is 2. The third kappa shape index (κ3) is 6.61. The first-order chi connectivity index (χ1) is 18.6. The number of carbonyl (C=O) groups excluding carboxylic acids is 2. The van der Waals surface area contributed by atoms with Crippen LogP contribution in [0.5, 0.6) is 5.75 Å². The smallest absolute Gasteiger partial charge is 0.236 e. The SMILES string of the molecule is COC[C@H]1CCCN1C(=O)C[C@@H]1CCN2C[C@@H]1CCCOc1ccc(N3CCNCC3)cc1CNCC2=O. The highest BCUT2D eigenvalue weighted by Crippen LogP contribution is 2.33. The van der Waals surface area contributed by atoms with Crippen molar-refractivity contribution in [1.29, 1.82) is 0 Å². The van der Waals surface area contributed by atoms with E-state index in [0.717, 1.165) is 89.2 Å². The van der Waals surface area contributed by atoms with Crippen LogP contribution in [0.25, 0.3) is 0 Å². The third-order valence-corrected chi connectivity index (χ3v) is 8.83. The number of methoxy groups -OCH3 is 1. The Morgan fingerprint density at radius 1 is 1.03 bits per heavy atom. The molecule has 0 saturated carbocycles. The van der Waals surface area contributed by atoms with Crippen LogP contribution in [0.2, 0.25) is 0 Å². The number of anilines is 1.